The zero-order valence-corrected chi connectivity index (χ0v) is 11.9. The summed E-state index contributed by atoms with van der Waals surface area (Å²) in [5.74, 6) is 0.836. The molecule has 1 fully saturated rings. The van der Waals surface area contributed by atoms with Crippen LogP contribution >= 0.6 is 23.4 Å². The van der Waals surface area contributed by atoms with Crippen LogP contribution in [0, 0.1) is 6.92 Å². The van der Waals surface area contributed by atoms with Gasteiger partial charge < -0.3 is 5.32 Å². The Labute approximate surface area is 112 Å². The lowest BCUT2D eigenvalue weighted by Crippen LogP contribution is -2.30. The van der Waals surface area contributed by atoms with Crippen LogP contribution in [0.4, 0.5) is 5.82 Å². The molecule has 2 rings (SSSR count). The Bertz CT molecular complexity index is 371. The van der Waals surface area contributed by atoms with Gasteiger partial charge in [0.2, 0.25) is 5.28 Å². The second-order valence-corrected chi connectivity index (χ2v) is 6.22. The van der Waals surface area contributed by atoms with Gasteiger partial charge in [0.05, 0.1) is 0 Å². The molecule has 0 radical (unpaired) electrons. The number of nitrogens with one attached hydrogen (secondary N) is 1. The van der Waals surface area contributed by atoms with E-state index in [9.17, 15) is 0 Å². The van der Waals surface area contributed by atoms with Crippen molar-refractivity contribution in [3.8, 4) is 0 Å². The largest absolute Gasteiger partial charge is 0.369 e. The van der Waals surface area contributed by atoms with Crippen LogP contribution in [0.5, 0.6) is 0 Å². The molecular formula is C12H18ClN3S. The SMILES string of the molecule is CSC1(CNc2cc(C)nc(Cl)n2)CCCC1. The summed E-state index contributed by atoms with van der Waals surface area (Å²) in [5, 5.41) is 3.72. The topological polar surface area (TPSA) is 37.8 Å². The van der Waals surface area contributed by atoms with Gasteiger partial charge in [-0.15, -0.1) is 0 Å². The van der Waals surface area contributed by atoms with Gasteiger partial charge in [-0.2, -0.15) is 11.8 Å². The van der Waals surface area contributed by atoms with Crippen LogP contribution in [0.25, 0.3) is 0 Å². The average molecular weight is 272 g/mol. The van der Waals surface area contributed by atoms with Crippen molar-refractivity contribution in [1.29, 1.82) is 0 Å². The molecule has 1 N–H and O–H groups in total. The fourth-order valence-corrected chi connectivity index (χ4v) is 3.48. The predicted molar refractivity (Wildman–Crippen MR) is 75.0 cm³/mol. The Balaban J connectivity index is 2.01. The van der Waals surface area contributed by atoms with E-state index >= 15 is 0 Å². The number of thioether (sulfide) groups is 1. The highest BCUT2D eigenvalue weighted by Gasteiger charge is 2.32. The minimum absolute atomic E-state index is 0.317. The lowest BCUT2D eigenvalue weighted by Gasteiger charge is -2.27. The summed E-state index contributed by atoms with van der Waals surface area (Å²) >= 11 is 7.82. The number of halogens is 1. The summed E-state index contributed by atoms with van der Waals surface area (Å²) in [4.78, 5) is 8.25. The fraction of sp³-hybridized carbons (Fsp3) is 0.667. The van der Waals surface area contributed by atoms with Crippen LogP contribution in [-0.2, 0) is 0 Å². The maximum absolute atomic E-state index is 5.85. The third-order valence-electron chi connectivity index (χ3n) is 3.37. The van der Waals surface area contributed by atoms with E-state index in [-0.39, 0.29) is 0 Å². The molecule has 0 bridgehead atoms. The average Bonchev–Trinajstić information content (AvgIpc) is 2.74. The Kier molecular flexibility index (Phi) is 4.15. The van der Waals surface area contributed by atoms with E-state index in [0.717, 1.165) is 18.1 Å². The van der Waals surface area contributed by atoms with Crippen LogP contribution < -0.4 is 5.32 Å². The standard InChI is InChI=1S/C12H18ClN3S/c1-9-7-10(16-11(13)15-9)14-8-12(17-2)5-3-4-6-12/h7H,3-6,8H2,1-2H3,(H,14,15,16). The molecule has 1 saturated carbocycles. The van der Waals surface area contributed by atoms with Gasteiger partial charge in [0, 0.05) is 23.1 Å². The van der Waals surface area contributed by atoms with Gasteiger partial charge in [-0.25, -0.2) is 9.97 Å². The van der Waals surface area contributed by atoms with E-state index in [1.54, 1.807) is 0 Å². The monoisotopic (exact) mass is 271 g/mol. The van der Waals surface area contributed by atoms with Gasteiger partial charge in [-0.3, -0.25) is 0 Å². The molecule has 17 heavy (non-hydrogen) atoms. The van der Waals surface area contributed by atoms with Crippen molar-refractivity contribution in [3.05, 3.63) is 17.0 Å². The zero-order chi connectivity index (χ0) is 12.3. The molecule has 3 nitrogen and oxygen atoms in total. The van der Waals surface area contributed by atoms with Crippen LogP contribution in [-0.4, -0.2) is 27.5 Å². The van der Waals surface area contributed by atoms with Crippen molar-refractivity contribution < 1.29 is 0 Å². The second kappa shape index (κ2) is 5.44. The van der Waals surface area contributed by atoms with Crippen LogP contribution in [0.3, 0.4) is 0 Å². The van der Waals surface area contributed by atoms with E-state index in [4.69, 9.17) is 11.6 Å². The summed E-state index contributed by atoms with van der Waals surface area (Å²) < 4.78 is 0.380. The first-order chi connectivity index (χ1) is 8.13. The number of nitrogens with zero attached hydrogens (tertiary/aromatic N) is 2. The van der Waals surface area contributed by atoms with Gasteiger partial charge in [0.1, 0.15) is 5.82 Å². The maximum atomic E-state index is 5.85. The molecule has 0 atom stereocenters. The molecule has 0 spiro atoms. The van der Waals surface area contributed by atoms with Gasteiger partial charge in [0.25, 0.3) is 0 Å². The molecule has 1 aromatic heterocycles. The van der Waals surface area contributed by atoms with Crippen molar-refractivity contribution >= 4 is 29.2 Å². The number of aromatic nitrogens is 2. The van der Waals surface area contributed by atoms with Gasteiger partial charge in [-0.1, -0.05) is 12.8 Å². The minimum Gasteiger partial charge on any atom is -0.369 e. The second-order valence-electron chi connectivity index (χ2n) is 4.61. The Morgan fingerprint density at radius 1 is 1.41 bits per heavy atom. The first-order valence-electron chi connectivity index (χ1n) is 5.94. The summed E-state index contributed by atoms with van der Waals surface area (Å²) in [6.07, 6.45) is 7.46. The zero-order valence-electron chi connectivity index (χ0n) is 10.3. The van der Waals surface area contributed by atoms with Crippen LogP contribution in [0.1, 0.15) is 31.4 Å². The van der Waals surface area contributed by atoms with E-state index in [1.807, 2.05) is 24.8 Å². The van der Waals surface area contributed by atoms with Crippen LogP contribution in [0.2, 0.25) is 5.28 Å². The predicted octanol–water partition coefficient (Wildman–Crippen LogP) is 3.53. The van der Waals surface area contributed by atoms with Crippen molar-refractivity contribution in [2.75, 3.05) is 18.1 Å². The Morgan fingerprint density at radius 3 is 2.71 bits per heavy atom. The first kappa shape index (κ1) is 13.0. The fourth-order valence-electron chi connectivity index (χ4n) is 2.35. The molecule has 1 aromatic rings. The highest BCUT2D eigenvalue weighted by Crippen LogP contribution is 2.40. The van der Waals surface area contributed by atoms with Crippen molar-refractivity contribution in [2.24, 2.45) is 0 Å². The summed E-state index contributed by atoms with van der Waals surface area (Å²) in [7, 11) is 0. The maximum Gasteiger partial charge on any atom is 0.224 e. The summed E-state index contributed by atoms with van der Waals surface area (Å²) in [6, 6.07) is 1.94. The molecule has 0 unspecified atom stereocenters. The number of anilines is 1. The number of rotatable bonds is 4. The molecule has 1 aliphatic rings. The Hall–Kier alpha value is -0.480. The summed E-state index contributed by atoms with van der Waals surface area (Å²) in [6.45, 7) is 2.89. The smallest absolute Gasteiger partial charge is 0.224 e. The van der Waals surface area contributed by atoms with E-state index < -0.39 is 0 Å². The third-order valence-corrected chi connectivity index (χ3v) is 4.95. The van der Waals surface area contributed by atoms with E-state index in [2.05, 4.69) is 21.5 Å². The quantitative estimate of drug-likeness (QED) is 0.851. The Morgan fingerprint density at radius 2 is 2.12 bits per heavy atom. The lowest BCUT2D eigenvalue weighted by molar-refractivity contribution is 0.638. The van der Waals surface area contributed by atoms with Gasteiger partial charge >= 0.3 is 0 Å². The normalized spacial score (nSPS) is 18.3. The van der Waals surface area contributed by atoms with E-state index in [0.29, 0.717) is 10.0 Å². The molecule has 0 saturated heterocycles. The molecule has 0 aromatic carbocycles. The van der Waals surface area contributed by atoms with Crippen molar-refractivity contribution in [1.82, 2.24) is 9.97 Å². The third kappa shape index (κ3) is 3.26. The van der Waals surface area contributed by atoms with Crippen molar-refractivity contribution in [2.45, 2.75) is 37.4 Å². The van der Waals surface area contributed by atoms with E-state index in [1.165, 1.54) is 25.7 Å². The highest BCUT2D eigenvalue weighted by molar-refractivity contribution is 8.00. The molecular weight excluding hydrogens is 254 g/mol. The molecule has 0 aliphatic heterocycles. The number of aryl methyl sites for hydroxylation is 1. The molecule has 5 heteroatoms. The molecule has 1 aliphatic carbocycles. The van der Waals surface area contributed by atoms with Gasteiger partial charge in [0.15, 0.2) is 0 Å². The number of hydrogen-bond donors (Lipinski definition) is 1. The first-order valence-corrected chi connectivity index (χ1v) is 7.54. The van der Waals surface area contributed by atoms with Crippen molar-refractivity contribution in [3.63, 3.8) is 0 Å². The summed E-state index contributed by atoms with van der Waals surface area (Å²) in [5.41, 5.74) is 0.900. The minimum atomic E-state index is 0.317. The number of hydrogen-bond acceptors (Lipinski definition) is 4. The lowest BCUT2D eigenvalue weighted by atomic mass is 10.1. The van der Waals surface area contributed by atoms with Crippen LogP contribution in [0.15, 0.2) is 6.07 Å². The molecule has 0 amide bonds. The van der Waals surface area contributed by atoms with Gasteiger partial charge in [-0.05, 0) is 37.6 Å². The molecule has 1 heterocycles. The highest BCUT2D eigenvalue weighted by atomic mass is 35.5. The molecule has 94 valence electrons.